The van der Waals surface area contributed by atoms with Crippen molar-refractivity contribution in [2.24, 2.45) is 0 Å². The molecule has 1 aliphatic rings. The SMILES string of the molecule is CN(Cc1csc(C(C)(C)C)n1)CC1CCCCN1. The molecule has 1 unspecified atom stereocenters. The first-order chi connectivity index (χ1) is 8.95. The average Bonchev–Trinajstić information content (AvgIpc) is 2.78. The predicted molar refractivity (Wildman–Crippen MR) is 82.8 cm³/mol. The van der Waals surface area contributed by atoms with Gasteiger partial charge in [0.25, 0.3) is 0 Å². The maximum atomic E-state index is 4.77. The Bertz CT molecular complexity index is 388. The fourth-order valence-electron chi connectivity index (χ4n) is 2.52. The van der Waals surface area contributed by atoms with Crippen LogP contribution in [-0.2, 0) is 12.0 Å². The van der Waals surface area contributed by atoms with Gasteiger partial charge in [0.1, 0.15) is 0 Å². The fourth-order valence-corrected chi connectivity index (χ4v) is 3.42. The molecule has 0 spiro atoms. The third-order valence-corrected chi connectivity index (χ3v) is 4.89. The first kappa shape index (κ1) is 14.9. The Morgan fingerprint density at radius 1 is 1.42 bits per heavy atom. The third-order valence-electron chi connectivity index (χ3n) is 3.57. The van der Waals surface area contributed by atoms with Crippen LogP contribution in [0.5, 0.6) is 0 Å². The van der Waals surface area contributed by atoms with Crippen LogP contribution in [0.2, 0.25) is 0 Å². The molecule has 1 aromatic heterocycles. The maximum Gasteiger partial charge on any atom is 0.0982 e. The van der Waals surface area contributed by atoms with E-state index in [0.29, 0.717) is 6.04 Å². The molecule has 19 heavy (non-hydrogen) atoms. The Morgan fingerprint density at radius 3 is 2.79 bits per heavy atom. The highest BCUT2D eigenvalue weighted by molar-refractivity contribution is 7.09. The molecule has 0 saturated carbocycles. The van der Waals surface area contributed by atoms with Crippen molar-refractivity contribution in [1.29, 1.82) is 0 Å². The van der Waals surface area contributed by atoms with Gasteiger partial charge in [-0.25, -0.2) is 4.98 Å². The van der Waals surface area contributed by atoms with Crippen molar-refractivity contribution in [3.05, 3.63) is 16.1 Å². The summed E-state index contributed by atoms with van der Waals surface area (Å²) in [5.41, 5.74) is 1.39. The van der Waals surface area contributed by atoms with Gasteiger partial charge in [0.2, 0.25) is 0 Å². The summed E-state index contributed by atoms with van der Waals surface area (Å²) >= 11 is 1.79. The van der Waals surface area contributed by atoms with Gasteiger partial charge in [0.15, 0.2) is 0 Å². The second-order valence-electron chi connectivity index (χ2n) is 6.74. The Hall–Kier alpha value is -0.450. The average molecular weight is 281 g/mol. The normalized spacial score (nSPS) is 21.0. The molecule has 2 heterocycles. The van der Waals surface area contributed by atoms with E-state index in [0.717, 1.165) is 13.1 Å². The summed E-state index contributed by atoms with van der Waals surface area (Å²) in [6.07, 6.45) is 4.02. The number of hydrogen-bond donors (Lipinski definition) is 1. The van der Waals surface area contributed by atoms with Gasteiger partial charge in [-0.1, -0.05) is 27.2 Å². The molecule has 1 saturated heterocycles. The van der Waals surface area contributed by atoms with Crippen LogP contribution >= 0.6 is 11.3 Å². The second kappa shape index (κ2) is 6.33. The molecular weight excluding hydrogens is 254 g/mol. The smallest absolute Gasteiger partial charge is 0.0982 e. The monoisotopic (exact) mass is 281 g/mol. The number of nitrogens with zero attached hydrogens (tertiary/aromatic N) is 2. The van der Waals surface area contributed by atoms with Gasteiger partial charge < -0.3 is 5.32 Å². The van der Waals surface area contributed by atoms with Crippen LogP contribution in [-0.4, -0.2) is 36.1 Å². The van der Waals surface area contributed by atoms with Gasteiger partial charge in [0.05, 0.1) is 10.7 Å². The van der Waals surface area contributed by atoms with E-state index in [1.54, 1.807) is 11.3 Å². The number of thiazole rings is 1. The Morgan fingerprint density at radius 2 is 2.21 bits per heavy atom. The van der Waals surface area contributed by atoms with Crippen molar-refractivity contribution < 1.29 is 0 Å². The van der Waals surface area contributed by atoms with Crippen LogP contribution in [0.1, 0.15) is 50.7 Å². The molecule has 0 aliphatic carbocycles. The standard InChI is InChI=1S/C15H27N3S/c1-15(2,3)14-17-13(11-19-14)10-18(4)9-12-7-5-6-8-16-12/h11-12,16H,5-10H2,1-4H3. The molecule has 3 nitrogen and oxygen atoms in total. The molecule has 2 rings (SSSR count). The van der Waals surface area contributed by atoms with E-state index in [2.05, 4.69) is 43.4 Å². The third kappa shape index (κ3) is 4.55. The molecule has 1 aliphatic heterocycles. The number of nitrogens with one attached hydrogen (secondary N) is 1. The van der Waals surface area contributed by atoms with Gasteiger partial charge in [0, 0.05) is 29.9 Å². The van der Waals surface area contributed by atoms with Gasteiger partial charge in [-0.3, -0.25) is 4.90 Å². The number of rotatable bonds is 4. The quantitative estimate of drug-likeness (QED) is 0.919. The van der Waals surface area contributed by atoms with Crippen molar-refractivity contribution in [3.8, 4) is 0 Å². The lowest BCUT2D eigenvalue weighted by molar-refractivity contribution is 0.254. The summed E-state index contributed by atoms with van der Waals surface area (Å²) in [6, 6.07) is 0.666. The lowest BCUT2D eigenvalue weighted by Gasteiger charge is -2.27. The van der Waals surface area contributed by atoms with E-state index in [1.807, 2.05) is 0 Å². The minimum absolute atomic E-state index is 0.173. The van der Waals surface area contributed by atoms with Crippen molar-refractivity contribution in [3.63, 3.8) is 0 Å². The highest BCUT2D eigenvalue weighted by atomic mass is 32.1. The molecule has 1 atom stereocenters. The van der Waals surface area contributed by atoms with E-state index in [4.69, 9.17) is 4.98 Å². The van der Waals surface area contributed by atoms with Crippen molar-refractivity contribution >= 4 is 11.3 Å². The van der Waals surface area contributed by atoms with Crippen molar-refractivity contribution in [2.45, 2.75) is 58.0 Å². The Balaban J connectivity index is 1.84. The largest absolute Gasteiger partial charge is 0.313 e. The van der Waals surface area contributed by atoms with E-state index in [-0.39, 0.29) is 5.41 Å². The summed E-state index contributed by atoms with van der Waals surface area (Å²) in [7, 11) is 2.20. The lowest BCUT2D eigenvalue weighted by Crippen LogP contribution is -2.42. The zero-order valence-corrected chi connectivity index (χ0v) is 13.5. The van der Waals surface area contributed by atoms with Crippen LogP contribution in [0.4, 0.5) is 0 Å². The molecular formula is C15H27N3S. The molecule has 1 N–H and O–H groups in total. The Labute approximate surface area is 121 Å². The summed E-state index contributed by atoms with van der Waals surface area (Å²) in [5.74, 6) is 0. The lowest BCUT2D eigenvalue weighted by atomic mass is 9.98. The van der Waals surface area contributed by atoms with Crippen LogP contribution < -0.4 is 5.32 Å². The van der Waals surface area contributed by atoms with E-state index < -0.39 is 0 Å². The fraction of sp³-hybridized carbons (Fsp3) is 0.800. The summed E-state index contributed by atoms with van der Waals surface area (Å²) in [5, 5.41) is 7.06. The number of hydrogen-bond acceptors (Lipinski definition) is 4. The highest BCUT2D eigenvalue weighted by Crippen LogP contribution is 2.25. The molecule has 1 aromatic rings. The second-order valence-corrected chi connectivity index (χ2v) is 7.60. The molecule has 4 heteroatoms. The molecule has 0 bridgehead atoms. The number of aromatic nitrogens is 1. The first-order valence-electron chi connectivity index (χ1n) is 7.32. The Kier molecular flexibility index (Phi) is 4.98. The minimum Gasteiger partial charge on any atom is -0.313 e. The summed E-state index contributed by atoms with van der Waals surface area (Å²) in [6.45, 7) is 9.96. The molecule has 0 radical (unpaired) electrons. The van der Waals surface area contributed by atoms with E-state index >= 15 is 0 Å². The molecule has 0 aromatic carbocycles. The highest BCUT2D eigenvalue weighted by Gasteiger charge is 2.19. The van der Waals surface area contributed by atoms with Gasteiger partial charge in [-0.2, -0.15) is 0 Å². The number of piperidine rings is 1. The van der Waals surface area contributed by atoms with Crippen molar-refractivity contribution in [2.75, 3.05) is 20.1 Å². The molecule has 1 fully saturated rings. The topological polar surface area (TPSA) is 28.2 Å². The van der Waals surface area contributed by atoms with Crippen LogP contribution in [0, 0.1) is 0 Å². The van der Waals surface area contributed by atoms with Crippen LogP contribution in [0.15, 0.2) is 5.38 Å². The van der Waals surface area contributed by atoms with Gasteiger partial charge in [-0.15, -0.1) is 11.3 Å². The van der Waals surface area contributed by atoms with Gasteiger partial charge >= 0.3 is 0 Å². The molecule has 0 amide bonds. The number of likely N-dealkylation sites (N-methyl/N-ethyl adjacent to an activating group) is 1. The maximum absolute atomic E-state index is 4.77. The first-order valence-corrected chi connectivity index (χ1v) is 8.20. The van der Waals surface area contributed by atoms with Crippen LogP contribution in [0.25, 0.3) is 0 Å². The van der Waals surface area contributed by atoms with E-state index in [1.165, 1.54) is 36.5 Å². The minimum atomic E-state index is 0.173. The van der Waals surface area contributed by atoms with Crippen molar-refractivity contribution in [1.82, 2.24) is 15.2 Å². The van der Waals surface area contributed by atoms with Gasteiger partial charge in [-0.05, 0) is 26.4 Å². The van der Waals surface area contributed by atoms with E-state index in [9.17, 15) is 0 Å². The predicted octanol–water partition coefficient (Wildman–Crippen LogP) is 3.01. The summed E-state index contributed by atoms with van der Waals surface area (Å²) in [4.78, 5) is 7.16. The van der Waals surface area contributed by atoms with Crippen LogP contribution in [0.3, 0.4) is 0 Å². The zero-order valence-electron chi connectivity index (χ0n) is 12.7. The summed E-state index contributed by atoms with van der Waals surface area (Å²) < 4.78 is 0. The molecule has 108 valence electrons. The zero-order chi connectivity index (χ0) is 13.9.